The summed E-state index contributed by atoms with van der Waals surface area (Å²) in [5, 5.41) is 0. The van der Waals surface area contributed by atoms with E-state index in [9.17, 15) is 12.8 Å². The van der Waals surface area contributed by atoms with Crippen LogP contribution in [0.15, 0.2) is 23.1 Å². The molecular formula is C14H20FNO3S. The Bertz CT molecular complexity index is 598. The molecule has 4 nitrogen and oxygen atoms in total. The third-order valence-corrected chi connectivity index (χ3v) is 5.24. The minimum atomic E-state index is -3.69. The number of hydrogen-bond donors (Lipinski definition) is 1. The molecule has 0 spiro atoms. The van der Waals surface area contributed by atoms with Gasteiger partial charge >= 0.3 is 0 Å². The number of methoxy groups -OCH3 is 1. The van der Waals surface area contributed by atoms with Gasteiger partial charge in [0, 0.05) is 6.04 Å². The van der Waals surface area contributed by atoms with Crippen molar-refractivity contribution >= 4 is 10.0 Å². The molecule has 1 saturated carbocycles. The standard InChI is InChI=1S/C14H20FNO3S/c1-14(2)7-6-10(9-14)16-20(17,18)11-4-5-13(19-3)12(15)8-11/h4-5,8,10,16H,6-7,9H2,1-3H3. The molecule has 0 radical (unpaired) electrons. The van der Waals surface area contributed by atoms with Crippen LogP contribution in [0, 0.1) is 11.2 Å². The van der Waals surface area contributed by atoms with Crippen LogP contribution in [0.25, 0.3) is 0 Å². The number of hydrogen-bond acceptors (Lipinski definition) is 3. The van der Waals surface area contributed by atoms with E-state index in [-0.39, 0.29) is 22.1 Å². The van der Waals surface area contributed by atoms with E-state index in [1.54, 1.807) is 0 Å². The first kappa shape index (κ1) is 15.3. The van der Waals surface area contributed by atoms with Crippen molar-refractivity contribution in [2.75, 3.05) is 7.11 Å². The first-order chi connectivity index (χ1) is 9.23. The Labute approximate surface area is 119 Å². The second kappa shape index (κ2) is 5.33. The van der Waals surface area contributed by atoms with Crippen molar-refractivity contribution in [3.8, 4) is 5.75 Å². The van der Waals surface area contributed by atoms with Crippen molar-refractivity contribution in [2.24, 2.45) is 5.41 Å². The molecule has 0 heterocycles. The molecule has 0 bridgehead atoms. The lowest BCUT2D eigenvalue weighted by molar-refractivity contribution is 0.372. The fraction of sp³-hybridized carbons (Fsp3) is 0.571. The first-order valence-electron chi connectivity index (χ1n) is 6.59. The van der Waals surface area contributed by atoms with Gasteiger partial charge in [0.1, 0.15) is 0 Å². The van der Waals surface area contributed by atoms with E-state index in [2.05, 4.69) is 18.6 Å². The Kier molecular flexibility index (Phi) is 4.07. The van der Waals surface area contributed by atoms with Gasteiger partial charge in [0.05, 0.1) is 12.0 Å². The van der Waals surface area contributed by atoms with Gasteiger partial charge in [-0.2, -0.15) is 0 Å². The van der Waals surface area contributed by atoms with E-state index >= 15 is 0 Å². The number of rotatable bonds is 4. The number of nitrogens with one attached hydrogen (secondary N) is 1. The highest BCUT2D eigenvalue weighted by atomic mass is 32.2. The van der Waals surface area contributed by atoms with Gasteiger partial charge in [-0.3, -0.25) is 0 Å². The molecule has 1 aromatic rings. The zero-order valence-electron chi connectivity index (χ0n) is 11.9. The highest BCUT2D eigenvalue weighted by Crippen LogP contribution is 2.37. The molecule has 112 valence electrons. The Morgan fingerprint density at radius 3 is 2.60 bits per heavy atom. The van der Waals surface area contributed by atoms with Crippen molar-refractivity contribution in [3.05, 3.63) is 24.0 Å². The highest BCUT2D eigenvalue weighted by Gasteiger charge is 2.33. The molecule has 1 atom stereocenters. The molecule has 0 aliphatic heterocycles. The van der Waals surface area contributed by atoms with Gasteiger partial charge in [-0.1, -0.05) is 13.8 Å². The molecule has 1 unspecified atom stereocenters. The summed E-state index contributed by atoms with van der Waals surface area (Å²) in [4.78, 5) is -0.0690. The maximum Gasteiger partial charge on any atom is 0.240 e. The average Bonchev–Trinajstić information content (AvgIpc) is 2.67. The second-order valence-electron chi connectivity index (χ2n) is 6.02. The van der Waals surface area contributed by atoms with Gasteiger partial charge in [0.25, 0.3) is 0 Å². The van der Waals surface area contributed by atoms with Crippen molar-refractivity contribution in [1.82, 2.24) is 4.72 Å². The summed E-state index contributed by atoms with van der Waals surface area (Å²) in [6, 6.07) is 3.58. The molecular weight excluding hydrogens is 281 g/mol. The van der Waals surface area contributed by atoms with Crippen molar-refractivity contribution < 1.29 is 17.5 Å². The van der Waals surface area contributed by atoms with Crippen LogP contribution >= 0.6 is 0 Å². The van der Waals surface area contributed by atoms with Crippen LogP contribution in [0.3, 0.4) is 0 Å². The zero-order chi connectivity index (χ0) is 15.0. The molecule has 1 aliphatic rings. The summed E-state index contributed by atoms with van der Waals surface area (Å²) in [6.07, 6.45) is 2.59. The molecule has 1 fully saturated rings. The predicted octanol–water partition coefficient (Wildman–Crippen LogP) is 2.69. The van der Waals surface area contributed by atoms with E-state index in [0.29, 0.717) is 0 Å². The van der Waals surface area contributed by atoms with E-state index in [1.165, 1.54) is 19.2 Å². The first-order valence-corrected chi connectivity index (χ1v) is 8.08. The monoisotopic (exact) mass is 301 g/mol. The number of halogens is 1. The van der Waals surface area contributed by atoms with Gasteiger partial charge in [-0.05, 0) is 42.9 Å². The maximum absolute atomic E-state index is 13.6. The van der Waals surface area contributed by atoms with Gasteiger partial charge < -0.3 is 4.74 Å². The molecule has 0 saturated heterocycles. The fourth-order valence-corrected chi connectivity index (χ4v) is 3.92. The summed E-state index contributed by atoms with van der Waals surface area (Å²) in [6.45, 7) is 4.24. The van der Waals surface area contributed by atoms with Crippen LogP contribution in [0.1, 0.15) is 33.1 Å². The van der Waals surface area contributed by atoms with E-state index in [0.717, 1.165) is 25.3 Å². The quantitative estimate of drug-likeness (QED) is 0.930. The molecule has 0 amide bonds. The third kappa shape index (κ3) is 3.30. The predicted molar refractivity (Wildman–Crippen MR) is 74.7 cm³/mol. The van der Waals surface area contributed by atoms with Crippen LogP contribution in [0.4, 0.5) is 4.39 Å². The van der Waals surface area contributed by atoms with Crippen molar-refractivity contribution in [2.45, 2.75) is 44.0 Å². The smallest absolute Gasteiger partial charge is 0.240 e. The summed E-state index contributed by atoms with van der Waals surface area (Å²) in [5.41, 5.74) is 0.151. The topological polar surface area (TPSA) is 55.4 Å². The van der Waals surface area contributed by atoms with E-state index in [4.69, 9.17) is 4.74 Å². The summed E-state index contributed by atoms with van der Waals surface area (Å²) in [5.74, 6) is -0.645. The van der Waals surface area contributed by atoms with Crippen molar-refractivity contribution in [1.29, 1.82) is 0 Å². The van der Waals surface area contributed by atoms with Crippen LogP contribution in [-0.4, -0.2) is 21.6 Å². The molecule has 6 heteroatoms. The SMILES string of the molecule is COc1ccc(S(=O)(=O)NC2CCC(C)(C)C2)cc1F. The molecule has 2 rings (SSSR count). The number of sulfonamides is 1. The number of ether oxygens (including phenoxy) is 1. The summed E-state index contributed by atoms with van der Waals surface area (Å²) < 4.78 is 45.5. The highest BCUT2D eigenvalue weighted by molar-refractivity contribution is 7.89. The Balaban J connectivity index is 2.17. The molecule has 20 heavy (non-hydrogen) atoms. The normalized spacial score (nSPS) is 21.9. The lowest BCUT2D eigenvalue weighted by atomic mass is 9.92. The summed E-state index contributed by atoms with van der Waals surface area (Å²) >= 11 is 0. The Morgan fingerprint density at radius 1 is 1.40 bits per heavy atom. The van der Waals surface area contributed by atoms with Gasteiger partial charge in [-0.15, -0.1) is 0 Å². The minimum absolute atomic E-state index is 0.0333. The number of benzene rings is 1. The van der Waals surface area contributed by atoms with Gasteiger partial charge in [0.15, 0.2) is 11.6 Å². The van der Waals surface area contributed by atoms with E-state index < -0.39 is 15.8 Å². The van der Waals surface area contributed by atoms with Crippen molar-refractivity contribution in [3.63, 3.8) is 0 Å². The molecule has 1 N–H and O–H groups in total. The van der Waals surface area contributed by atoms with Gasteiger partial charge in [0.2, 0.25) is 10.0 Å². The summed E-state index contributed by atoms with van der Waals surface area (Å²) in [7, 11) is -2.35. The lowest BCUT2D eigenvalue weighted by Crippen LogP contribution is -2.33. The van der Waals surface area contributed by atoms with Crippen LogP contribution in [0.2, 0.25) is 0 Å². The Hall–Kier alpha value is -1.14. The zero-order valence-corrected chi connectivity index (χ0v) is 12.8. The van der Waals surface area contributed by atoms with Gasteiger partial charge in [-0.25, -0.2) is 17.5 Å². The average molecular weight is 301 g/mol. The lowest BCUT2D eigenvalue weighted by Gasteiger charge is -2.18. The largest absolute Gasteiger partial charge is 0.494 e. The minimum Gasteiger partial charge on any atom is -0.494 e. The maximum atomic E-state index is 13.6. The third-order valence-electron chi connectivity index (χ3n) is 3.72. The fourth-order valence-electron chi connectivity index (χ4n) is 2.64. The molecule has 1 aliphatic carbocycles. The van der Waals surface area contributed by atoms with Crippen LogP contribution in [-0.2, 0) is 10.0 Å². The van der Waals surface area contributed by atoms with Crippen LogP contribution in [0.5, 0.6) is 5.75 Å². The van der Waals surface area contributed by atoms with Crippen LogP contribution < -0.4 is 9.46 Å². The second-order valence-corrected chi connectivity index (χ2v) is 7.74. The Morgan fingerprint density at radius 2 is 2.10 bits per heavy atom. The molecule has 0 aromatic heterocycles. The van der Waals surface area contributed by atoms with E-state index in [1.807, 2.05) is 0 Å². The molecule has 1 aromatic carbocycles.